The monoisotopic (exact) mass is 387 g/mol. The van der Waals surface area contributed by atoms with Gasteiger partial charge in [0.25, 0.3) is 0 Å². The van der Waals surface area contributed by atoms with E-state index in [0.717, 1.165) is 28.1 Å². The minimum Gasteiger partial charge on any atom is -0.494 e. The summed E-state index contributed by atoms with van der Waals surface area (Å²) in [7, 11) is 0. The quantitative estimate of drug-likeness (QED) is 0.524. The number of amides is 1. The van der Waals surface area contributed by atoms with Crippen LogP contribution in [0.25, 0.3) is 0 Å². The van der Waals surface area contributed by atoms with Crippen LogP contribution in [0.5, 0.6) is 11.5 Å². The third-order valence-electron chi connectivity index (χ3n) is 5.07. The maximum Gasteiger partial charge on any atom is 0.308 e. The number of nitrogens with one attached hydrogen (secondary N) is 1. The first kappa shape index (κ1) is 18.7. The van der Waals surface area contributed by atoms with E-state index in [2.05, 4.69) is 5.32 Å². The van der Waals surface area contributed by atoms with Gasteiger partial charge in [-0.15, -0.1) is 0 Å². The van der Waals surface area contributed by atoms with Crippen molar-refractivity contribution in [2.75, 3.05) is 11.9 Å². The van der Waals surface area contributed by atoms with Crippen LogP contribution < -0.4 is 14.8 Å². The third kappa shape index (κ3) is 3.14. The second-order valence-electron chi connectivity index (χ2n) is 6.83. The lowest BCUT2D eigenvalue weighted by Crippen LogP contribution is -2.37. The Morgan fingerprint density at radius 1 is 0.897 bits per heavy atom. The Morgan fingerprint density at radius 2 is 1.48 bits per heavy atom. The van der Waals surface area contributed by atoms with Gasteiger partial charge < -0.3 is 14.8 Å². The van der Waals surface area contributed by atoms with Crippen molar-refractivity contribution in [3.8, 4) is 11.5 Å². The zero-order valence-corrected chi connectivity index (χ0v) is 16.3. The van der Waals surface area contributed by atoms with Gasteiger partial charge in [-0.2, -0.15) is 0 Å². The number of carbonyl (C=O) groups excluding carboxylic acids is 2. The number of anilines is 1. The molecule has 0 radical (unpaired) electrons. The number of carbonyl (C=O) groups is 2. The number of esters is 1. The molecule has 0 saturated carbocycles. The van der Waals surface area contributed by atoms with Crippen LogP contribution in [0.1, 0.15) is 30.5 Å². The molecule has 1 unspecified atom stereocenters. The minimum absolute atomic E-state index is 0.122. The second kappa shape index (κ2) is 7.43. The van der Waals surface area contributed by atoms with Gasteiger partial charge in [0, 0.05) is 18.2 Å². The normalized spacial score (nSPS) is 17.4. The van der Waals surface area contributed by atoms with E-state index in [1.807, 2.05) is 67.6 Å². The summed E-state index contributed by atoms with van der Waals surface area (Å²) in [6.45, 7) is 3.86. The summed E-state index contributed by atoms with van der Waals surface area (Å²) >= 11 is 0. The molecule has 29 heavy (non-hydrogen) atoms. The second-order valence-corrected chi connectivity index (χ2v) is 6.83. The number of rotatable bonds is 5. The third-order valence-corrected chi connectivity index (χ3v) is 5.07. The standard InChI is InChI=1S/C24H21NO4/c1-3-28-19-12-8-17(9-13-19)24(18-10-14-20(15-11-18)29-16(2)26)21-6-4-5-7-22(21)25-23(24)27/h4-15H,3H2,1-2H3,(H,25,27). The van der Waals surface area contributed by atoms with E-state index >= 15 is 0 Å². The fraction of sp³-hybridized carbons (Fsp3) is 0.167. The fourth-order valence-corrected chi connectivity index (χ4v) is 3.90. The van der Waals surface area contributed by atoms with E-state index in [0.29, 0.717) is 12.4 Å². The first-order chi connectivity index (χ1) is 14.1. The smallest absolute Gasteiger partial charge is 0.308 e. The maximum atomic E-state index is 13.4. The number of para-hydroxylation sites is 1. The molecule has 0 aliphatic carbocycles. The van der Waals surface area contributed by atoms with Crippen LogP contribution in [-0.4, -0.2) is 18.5 Å². The molecule has 1 N–H and O–H groups in total. The molecule has 1 amide bonds. The van der Waals surface area contributed by atoms with Crippen LogP contribution in [0.4, 0.5) is 5.69 Å². The predicted octanol–water partition coefficient (Wildman–Crippen LogP) is 4.30. The molecule has 3 aromatic rings. The van der Waals surface area contributed by atoms with Crippen LogP contribution >= 0.6 is 0 Å². The molecule has 0 spiro atoms. The van der Waals surface area contributed by atoms with E-state index in [-0.39, 0.29) is 11.9 Å². The number of hydrogen-bond acceptors (Lipinski definition) is 4. The molecule has 5 heteroatoms. The molecule has 1 heterocycles. The average molecular weight is 387 g/mol. The highest BCUT2D eigenvalue weighted by atomic mass is 16.5. The largest absolute Gasteiger partial charge is 0.494 e. The topological polar surface area (TPSA) is 64.6 Å². The summed E-state index contributed by atoms with van der Waals surface area (Å²) in [5, 5.41) is 3.02. The Kier molecular flexibility index (Phi) is 4.80. The van der Waals surface area contributed by atoms with Gasteiger partial charge in [-0.1, -0.05) is 42.5 Å². The molecule has 5 nitrogen and oxygen atoms in total. The van der Waals surface area contributed by atoms with Crippen LogP contribution in [-0.2, 0) is 15.0 Å². The van der Waals surface area contributed by atoms with Crippen molar-refractivity contribution in [3.05, 3.63) is 89.5 Å². The van der Waals surface area contributed by atoms with Gasteiger partial charge in [0.15, 0.2) is 0 Å². The van der Waals surface area contributed by atoms with Crippen molar-refractivity contribution >= 4 is 17.6 Å². The highest BCUT2D eigenvalue weighted by Crippen LogP contribution is 2.48. The summed E-state index contributed by atoms with van der Waals surface area (Å²) in [5.74, 6) is 0.684. The van der Waals surface area contributed by atoms with Crippen LogP contribution in [0.2, 0.25) is 0 Å². The van der Waals surface area contributed by atoms with Crippen molar-refractivity contribution in [3.63, 3.8) is 0 Å². The number of ether oxygens (including phenoxy) is 2. The van der Waals surface area contributed by atoms with Crippen molar-refractivity contribution in [2.24, 2.45) is 0 Å². The highest BCUT2D eigenvalue weighted by molar-refractivity contribution is 6.11. The lowest BCUT2D eigenvalue weighted by molar-refractivity contribution is -0.131. The van der Waals surface area contributed by atoms with Gasteiger partial charge in [-0.05, 0) is 48.4 Å². The molecule has 0 saturated heterocycles. The van der Waals surface area contributed by atoms with Gasteiger partial charge in [0.1, 0.15) is 16.9 Å². The summed E-state index contributed by atoms with van der Waals surface area (Å²) in [5.41, 5.74) is 2.30. The SMILES string of the molecule is CCOc1ccc(C2(c3ccc(OC(C)=O)cc3)C(=O)Nc3ccccc32)cc1. The first-order valence-corrected chi connectivity index (χ1v) is 9.49. The Hall–Kier alpha value is -3.60. The minimum atomic E-state index is -1.00. The molecule has 0 fully saturated rings. The number of benzene rings is 3. The van der Waals surface area contributed by atoms with E-state index in [9.17, 15) is 9.59 Å². The fourth-order valence-electron chi connectivity index (χ4n) is 3.90. The van der Waals surface area contributed by atoms with E-state index < -0.39 is 5.41 Å². The number of hydrogen-bond donors (Lipinski definition) is 1. The number of fused-ring (bicyclic) bond motifs is 1. The van der Waals surface area contributed by atoms with E-state index in [4.69, 9.17) is 9.47 Å². The lowest BCUT2D eigenvalue weighted by atomic mass is 9.70. The van der Waals surface area contributed by atoms with Crippen molar-refractivity contribution < 1.29 is 19.1 Å². The van der Waals surface area contributed by atoms with Gasteiger partial charge in [-0.3, -0.25) is 9.59 Å². The van der Waals surface area contributed by atoms with E-state index in [1.165, 1.54) is 6.92 Å². The summed E-state index contributed by atoms with van der Waals surface area (Å²) in [4.78, 5) is 24.6. The summed E-state index contributed by atoms with van der Waals surface area (Å²) in [6, 6.07) is 22.4. The highest BCUT2D eigenvalue weighted by Gasteiger charge is 2.49. The Balaban J connectivity index is 1.89. The zero-order valence-electron chi connectivity index (χ0n) is 16.3. The van der Waals surface area contributed by atoms with Crippen molar-refractivity contribution in [1.82, 2.24) is 0 Å². The average Bonchev–Trinajstić information content (AvgIpc) is 3.02. The summed E-state index contributed by atoms with van der Waals surface area (Å²) in [6.07, 6.45) is 0. The first-order valence-electron chi connectivity index (χ1n) is 9.49. The zero-order chi connectivity index (χ0) is 20.4. The molecule has 146 valence electrons. The van der Waals surface area contributed by atoms with Crippen LogP contribution in [0.3, 0.4) is 0 Å². The molecule has 1 atom stereocenters. The van der Waals surface area contributed by atoms with Crippen LogP contribution in [0, 0.1) is 0 Å². The van der Waals surface area contributed by atoms with Gasteiger partial charge in [0.2, 0.25) is 5.91 Å². The maximum absolute atomic E-state index is 13.4. The van der Waals surface area contributed by atoms with Gasteiger partial charge in [-0.25, -0.2) is 0 Å². The molecule has 1 aliphatic heterocycles. The molecule has 0 bridgehead atoms. The lowest BCUT2D eigenvalue weighted by Gasteiger charge is -2.29. The van der Waals surface area contributed by atoms with Crippen molar-refractivity contribution in [2.45, 2.75) is 19.3 Å². The van der Waals surface area contributed by atoms with Gasteiger partial charge >= 0.3 is 5.97 Å². The molecule has 1 aliphatic rings. The molecule has 4 rings (SSSR count). The Bertz CT molecular complexity index is 1060. The summed E-state index contributed by atoms with van der Waals surface area (Å²) < 4.78 is 10.7. The molecule has 3 aromatic carbocycles. The molecule has 0 aromatic heterocycles. The predicted molar refractivity (Wildman–Crippen MR) is 110 cm³/mol. The molecular weight excluding hydrogens is 366 g/mol. The van der Waals surface area contributed by atoms with Crippen molar-refractivity contribution in [1.29, 1.82) is 0 Å². The van der Waals surface area contributed by atoms with Gasteiger partial charge in [0.05, 0.1) is 6.61 Å². The Morgan fingerprint density at radius 3 is 2.07 bits per heavy atom. The van der Waals surface area contributed by atoms with E-state index in [1.54, 1.807) is 12.1 Å². The Labute approximate surface area is 169 Å². The molecular formula is C24H21NO4. The van der Waals surface area contributed by atoms with Crippen LogP contribution in [0.15, 0.2) is 72.8 Å².